The predicted molar refractivity (Wildman–Crippen MR) is 157 cm³/mol. The SMILES string of the molecule is O=C(O)c1ccc(NC(=O)C2c3cn(-c4ccccc4)nc3CCN2C(=O)/C=C/c2cc(Cl)ccc2-n2cnnn2)cc1. The van der Waals surface area contributed by atoms with Gasteiger partial charge in [-0.15, -0.1) is 5.10 Å². The van der Waals surface area contributed by atoms with Gasteiger partial charge in [0.05, 0.1) is 22.6 Å². The molecular weight excluding hydrogens is 572 g/mol. The summed E-state index contributed by atoms with van der Waals surface area (Å²) in [5.74, 6) is -1.94. The number of aromatic carboxylic acids is 1. The summed E-state index contributed by atoms with van der Waals surface area (Å²) in [7, 11) is 0. The molecule has 5 aromatic rings. The van der Waals surface area contributed by atoms with Crippen LogP contribution in [-0.2, 0) is 16.0 Å². The second-order valence-electron chi connectivity index (χ2n) is 9.66. The average molecular weight is 595 g/mol. The molecule has 0 radical (unpaired) electrons. The monoisotopic (exact) mass is 594 g/mol. The highest BCUT2D eigenvalue weighted by atomic mass is 35.5. The maximum Gasteiger partial charge on any atom is 0.335 e. The fourth-order valence-corrected chi connectivity index (χ4v) is 5.09. The van der Waals surface area contributed by atoms with Crippen LogP contribution in [0.1, 0.15) is 33.2 Å². The number of para-hydroxylation sites is 1. The molecule has 1 unspecified atom stereocenters. The largest absolute Gasteiger partial charge is 0.478 e. The maximum absolute atomic E-state index is 13.8. The van der Waals surface area contributed by atoms with Crippen LogP contribution in [0.4, 0.5) is 5.69 Å². The van der Waals surface area contributed by atoms with Gasteiger partial charge in [0.2, 0.25) is 5.91 Å². The highest BCUT2D eigenvalue weighted by Crippen LogP contribution is 2.32. The summed E-state index contributed by atoms with van der Waals surface area (Å²) in [4.78, 5) is 40.3. The van der Waals surface area contributed by atoms with Gasteiger partial charge in [-0.05, 0) is 71.1 Å². The summed E-state index contributed by atoms with van der Waals surface area (Å²) in [6.07, 6.45) is 6.63. The molecule has 0 aliphatic carbocycles. The van der Waals surface area contributed by atoms with E-state index in [0.29, 0.717) is 39.6 Å². The van der Waals surface area contributed by atoms with Crippen LogP contribution >= 0.6 is 11.6 Å². The Bertz CT molecular complexity index is 1840. The van der Waals surface area contributed by atoms with Crippen LogP contribution in [0.3, 0.4) is 0 Å². The van der Waals surface area contributed by atoms with Gasteiger partial charge in [-0.1, -0.05) is 29.8 Å². The second kappa shape index (κ2) is 11.7. The van der Waals surface area contributed by atoms with Gasteiger partial charge in [0.25, 0.3) is 5.91 Å². The van der Waals surface area contributed by atoms with Crippen LogP contribution in [-0.4, -0.2) is 64.3 Å². The summed E-state index contributed by atoms with van der Waals surface area (Å²) in [6, 6.07) is 19.4. The molecule has 0 fully saturated rings. The minimum atomic E-state index is -1.07. The lowest BCUT2D eigenvalue weighted by Gasteiger charge is -2.33. The zero-order chi connectivity index (χ0) is 29.9. The van der Waals surface area contributed by atoms with Crippen molar-refractivity contribution in [3.05, 3.63) is 119 Å². The lowest BCUT2D eigenvalue weighted by Crippen LogP contribution is -2.44. The number of amides is 2. The van der Waals surface area contributed by atoms with E-state index in [1.807, 2.05) is 30.3 Å². The van der Waals surface area contributed by atoms with Gasteiger partial charge < -0.3 is 15.3 Å². The zero-order valence-electron chi connectivity index (χ0n) is 22.4. The lowest BCUT2D eigenvalue weighted by atomic mass is 9.97. The fraction of sp³-hybridized carbons (Fsp3) is 0.100. The second-order valence-corrected chi connectivity index (χ2v) is 10.1. The Hall–Kier alpha value is -5.62. The van der Waals surface area contributed by atoms with Gasteiger partial charge in [-0.25, -0.2) is 9.48 Å². The number of tetrazole rings is 1. The topological polar surface area (TPSA) is 148 Å². The molecule has 43 heavy (non-hydrogen) atoms. The van der Waals surface area contributed by atoms with E-state index < -0.39 is 23.8 Å². The molecule has 0 saturated carbocycles. The number of fused-ring (bicyclic) bond motifs is 1. The molecule has 12 nitrogen and oxygen atoms in total. The van der Waals surface area contributed by atoms with Gasteiger partial charge >= 0.3 is 5.97 Å². The van der Waals surface area contributed by atoms with Crippen LogP contribution in [0.15, 0.2) is 91.4 Å². The maximum atomic E-state index is 13.8. The van der Waals surface area contributed by atoms with E-state index in [-0.39, 0.29) is 12.1 Å². The summed E-state index contributed by atoms with van der Waals surface area (Å²) in [6.45, 7) is 0.243. The number of hydrogen-bond donors (Lipinski definition) is 2. The first-order chi connectivity index (χ1) is 20.9. The number of carboxylic acid groups (broad SMARTS) is 1. The number of anilines is 1. The lowest BCUT2D eigenvalue weighted by molar-refractivity contribution is -0.135. The first kappa shape index (κ1) is 27.5. The molecule has 2 N–H and O–H groups in total. The van der Waals surface area contributed by atoms with E-state index in [1.54, 1.807) is 35.2 Å². The molecule has 13 heteroatoms. The molecule has 0 spiro atoms. The molecule has 0 bridgehead atoms. The number of nitrogens with zero attached hydrogens (tertiary/aromatic N) is 7. The first-order valence-electron chi connectivity index (χ1n) is 13.2. The van der Waals surface area contributed by atoms with Gasteiger partial charge in [-0.2, -0.15) is 9.78 Å². The Morgan fingerprint density at radius 2 is 1.79 bits per heavy atom. The van der Waals surface area contributed by atoms with E-state index in [1.165, 1.54) is 46.3 Å². The molecular formula is C30H23ClN8O4. The van der Waals surface area contributed by atoms with Crippen molar-refractivity contribution < 1.29 is 19.5 Å². The van der Waals surface area contributed by atoms with Crippen molar-refractivity contribution in [3.63, 3.8) is 0 Å². The van der Waals surface area contributed by atoms with Crippen LogP contribution in [0, 0.1) is 0 Å². The predicted octanol–water partition coefficient (Wildman–Crippen LogP) is 3.98. The van der Waals surface area contributed by atoms with Crippen molar-refractivity contribution in [3.8, 4) is 11.4 Å². The van der Waals surface area contributed by atoms with Crippen molar-refractivity contribution >= 4 is 41.1 Å². The number of carboxylic acids is 1. The van der Waals surface area contributed by atoms with Gasteiger partial charge in [0.15, 0.2) is 0 Å². The number of carbonyl (C=O) groups excluding carboxylic acids is 2. The van der Waals surface area contributed by atoms with Crippen LogP contribution in [0.25, 0.3) is 17.5 Å². The van der Waals surface area contributed by atoms with Crippen molar-refractivity contribution in [2.75, 3.05) is 11.9 Å². The molecule has 3 heterocycles. The molecule has 3 aromatic carbocycles. The van der Waals surface area contributed by atoms with Crippen LogP contribution < -0.4 is 5.32 Å². The van der Waals surface area contributed by atoms with Crippen molar-refractivity contribution in [1.29, 1.82) is 0 Å². The van der Waals surface area contributed by atoms with Gasteiger partial charge in [0, 0.05) is 47.1 Å². The molecule has 214 valence electrons. The van der Waals surface area contributed by atoms with E-state index in [9.17, 15) is 19.5 Å². The Morgan fingerprint density at radius 3 is 2.51 bits per heavy atom. The number of rotatable bonds is 7. The Morgan fingerprint density at radius 1 is 1.00 bits per heavy atom. The Kier molecular flexibility index (Phi) is 7.50. The molecule has 0 saturated heterocycles. The molecule has 1 aliphatic rings. The Labute approximate surface area is 249 Å². The third-order valence-electron chi connectivity index (χ3n) is 6.96. The summed E-state index contributed by atoms with van der Waals surface area (Å²) in [5.41, 5.74) is 3.80. The minimum absolute atomic E-state index is 0.0890. The summed E-state index contributed by atoms with van der Waals surface area (Å²) < 4.78 is 3.15. The number of halogens is 1. The number of hydrogen-bond acceptors (Lipinski definition) is 7. The highest BCUT2D eigenvalue weighted by Gasteiger charge is 2.37. The van der Waals surface area contributed by atoms with Crippen molar-refractivity contribution in [2.24, 2.45) is 0 Å². The molecule has 1 aliphatic heterocycles. The van der Waals surface area contributed by atoms with Gasteiger partial charge in [0.1, 0.15) is 12.4 Å². The molecule has 6 rings (SSSR count). The first-order valence-corrected chi connectivity index (χ1v) is 13.5. The van der Waals surface area contributed by atoms with E-state index in [4.69, 9.17) is 16.7 Å². The zero-order valence-corrected chi connectivity index (χ0v) is 23.2. The number of benzene rings is 3. The average Bonchev–Trinajstić information content (AvgIpc) is 3.71. The van der Waals surface area contributed by atoms with E-state index in [2.05, 4.69) is 20.8 Å². The molecule has 2 aromatic heterocycles. The standard InChI is InChI=1S/C30H23ClN8O4/c31-21-9-12-26(39-18-32-35-36-39)20(16-21)8-13-27(40)37-15-14-25-24(17-38(34-25)23-4-2-1-3-5-23)28(37)29(41)33-22-10-6-19(7-11-22)30(42)43/h1-13,16-18,28H,14-15H2,(H,33,41)(H,42,43)/b13-8+. The van der Waals surface area contributed by atoms with Crippen LogP contribution in [0.5, 0.6) is 0 Å². The number of nitrogens with one attached hydrogen (secondary N) is 1. The molecule has 1 atom stereocenters. The Balaban J connectivity index is 1.33. The number of aromatic nitrogens is 6. The molecule has 2 amide bonds. The quantitative estimate of drug-likeness (QED) is 0.269. The summed E-state index contributed by atoms with van der Waals surface area (Å²) >= 11 is 6.24. The third-order valence-corrected chi connectivity index (χ3v) is 7.20. The number of carbonyl (C=O) groups is 3. The van der Waals surface area contributed by atoms with Crippen LogP contribution in [0.2, 0.25) is 5.02 Å². The van der Waals surface area contributed by atoms with E-state index >= 15 is 0 Å². The normalized spacial score (nSPS) is 14.4. The van der Waals surface area contributed by atoms with Crippen molar-refractivity contribution in [1.82, 2.24) is 34.9 Å². The van der Waals surface area contributed by atoms with E-state index in [0.717, 1.165) is 5.69 Å². The third kappa shape index (κ3) is 5.76. The highest BCUT2D eigenvalue weighted by molar-refractivity contribution is 6.30. The fourth-order valence-electron chi connectivity index (χ4n) is 4.90. The smallest absolute Gasteiger partial charge is 0.335 e. The minimum Gasteiger partial charge on any atom is -0.478 e. The van der Waals surface area contributed by atoms with Gasteiger partial charge in [-0.3, -0.25) is 9.59 Å². The summed E-state index contributed by atoms with van der Waals surface area (Å²) in [5, 5.41) is 28.5. The van der Waals surface area contributed by atoms with Crippen molar-refractivity contribution in [2.45, 2.75) is 12.5 Å².